The van der Waals surface area contributed by atoms with E-state index in [0.29, 0.717) is 0 Å². The Balaban J connectivity index is 2.49. The standard InChI is InChI=1S/C21H28N4/c1-8-17(22)19-18-14(5)15(6)25(21(18)24-16(7)23-19)20-12(3)10-9-11(2)13(20)4/h9-10,17H,8,22H2,1-7H3. The monoisotopic (exact) mass is 336 g/mol. The molecule has 0 aliphatic rings. The first-order valence-electron chi connectivity index (χ1n) is 8.96. The predicted molar refractivity (Wildman–Crippen MR) is 105 cm³/mol. The number of aromatic nitrogens is 3. The minimum atomic E-state index is -0.0714. The van der Waals surface area contributed by atoms with E-state index in [-0.39, 0.29) is 6.04 Å². The molecule has 0 amide bonds. The van der Waals surface area contributed by atoms with E-state index in [1.165, 1.54) is 33.6 Å². The summed E-state index contributed by atoms with van der Waals surface area (Å²) in [5.41, 5.74) is 15.8. The lowest BCUT2D eigenvalue weighted by Gasteiger charge is -2.17. The molecule has 25 heavy (non-hydrogen) atoms. The van der Waals surface area contributed by atoms with Gasteiger partial charge in [0, 0.05) is 17.1 Å². The zero-order valence-corrected chi connectivity index (χ0v) is 16.4. The molecule has 1 aromatic carbocycles. The Hall–Kier alpha value is -2.20. The molecule has 0 spiro atoms. The number of hydrogen-bond donors (Lipinski definition) is 1. The second-order valence-electron chi connectivity index (χ2n) is 7.09. The highest BCUT2D eigenvalue weighted by molar-refractivity contribution is 5.87. The third kappa shape index (κ3) is 2.65. The van der Waals surface area contributed by atoms with Crippen LogP contribution in [0.15, 0.2) is 12.1 Å². The van der Waals surface area contributed by atoms with Crippen LogP contribution < -0.4 is 5.73 Å². The zero-order chi connectivity index (χ0) is 18.5. The van der Waals surface area contributed by atoms with Crippen LogP contribution in [-0.4, -0.2) is 14.5 Å². The van der Waals surface area contributed by atoms with Crippen LogP contribution in [0.2, 0.25) is 0 Å². The molecule has 0 saturated carbocycles. The van der Waals surface area contributed by atoms with E-state index in [1.807, 2.05) is 6.92 Å². The van der Waals surface area contributed by atoms with E-state index in [2.05, 4.69) is 58.2 Å². The molecule has 3 aromatic rings. The highest BCUT2D eigenvalue weighted by Gasteiger charge is 2.22. The minimum Gasteiger partial charge on any atom is -0.323 e. The van der Waals surface area contributed by atoms with Crippen LogP contribution >= 0.6 is 0 Å². The largest absolute Gasteiger partial charge is 0.323 e. The van der Waals surface area contributed by atoms with Crippen molar-refractivity contribution in [2.24, 2.45) is 5.73 Å². The lowest BCUT2D eigenvalue weighted by Crippen LogP contribution is -2.13. The van der Waals surface area contributed by atoms with E-state index >= 15 is 0 Å². The average Bonchev–Trinajstić information content (AvgIpc) is 2.82. The van der Waals surface area contributed by atoms with Crippen molar-refractivity contribution in [2.75, 3.05) is 0 Å². The first-order chi connectivity index (χ1) is 11.8. The molecule has 0 fully saturated rings. The summed E-state index contributed by atoms with van der Waals surface area (Å²) in [4.78, 5) is 9.51. The van der Waals surface area contributed by atoms with Crippen LogP contribution in [0.4, 0.5) is 0 Å². The summed E-state index contributed by atoms with van der Waals surface area (Å²) in [6, 6.07) is 4.30. The number of nitrogens with zero attached hydrogens (tertiary/aromatic N) is 3. The second kappa shape index (κ2) is 6.26. The van der Waals surface area contributed by atoms with Gasteiger partial charge in [-0.15, -0.1) is 0 Å². The van der Waals surface area contributed by atoms with E-state index in [4.69, 9.17) is 15.7 Å². The molecule has 2 heterocycles. The van der Waals surface area contributed by atoms with Crippen molar-refractivity contribution in [3.05, 3.63) is 51.6 Å². The van der Waals surface area contributed by atoms with E-state index in [1.54, 1.807) is 0 Å². The maximum absolute atomic E-state index is 6.38. The molecule has 4 nitrogen and oxygen atoms in total. The molecular formula is C21H28N4. The van der Waals surface area contributed by atoms with Gasteiger partial charge in [0.05, 0.1) is 11.4 Å². The Kier molecular flexibility index (Phi) is 4.41. The fourth-order valence-corrected chi connectivity index (χ4v) is 3.62. The molecule has 0 aliphatic heterocycles. The van der Waals surface area contributed by atoms with Crippen molar-refractivity contribution in [3.8, 4) is 5.69 Å². The lowest BCUT2D eigenvalue weighted by molar-refractivity contribution is 0.676. The Morgan fingerprint density at radius 3 is 2.24 bits per heavy atom. The van der Waals surface area contributed by atoms with Gasteiger partial charge >= 0.3 is 0 Å². The summed E-state index contributed by atoms with van der Waals surface area (Å²) in [5, 5.41) is 1.11. The van der Waals surface area contributed by atoms with Gasteiger partial charge in [0.2, 0.25) is 0 Å². The van der Waals surface area contributed by atoms with Crippen molar-refractivity contribution in [3.63, 3.8) is 0 Å². The predicted octanol–water partition coefficient (Wildman–Crippen LogP) is 4.68. The van der Waals surface area contributed by atoms with Crippen LogP contribution in [0.5, 0.6) is 0 Å². The topological polar surface area (TPSA) is 56.7 Å². The van der Waals surface area contributed by atoms with Crippen molar-refractivity contribution < 1.29 is 0 Å². The van der Waals surface area contributed by atoms with Crippen molar-refractivity contribution >= 4 is 11.0 Å². The van der Waals surface area contributed by atoms with Gasteiger partial charge in [-0.05, 0) is 70.2 Å². The maximum Gasteiger partial charge on any atom is 0.149 e. The normalized spacial score (nSPS) is 12.8. The van der Waals surface area contributed by atoms with Gasteiger partial charge in [-0.25, -0.2) is 9.97 Å². The maximum atomic E-state index is 6.38. The summed E-state index contributed by atoms with van der Waals surface area (Å²) in [5.74, 6) is 0.771. The molecule has 0 radical (unpaired) electrons. The lowest BCUT2D eigenvalue weighted by atomic mass is 10.0. The fourth-order valence-electron chi connectivity index (χ4n) is 3.62. The Labute approximate surface area is 150 Å². The summed E-state index contributed by atoms with van der Waals surface area (Å²) in [6.45, 7) is 14.9. The number of nitrogens with two attached hydrogens (primary N) is 1. The highest BCUT2D eigenvalue weighted by Crippen LogP contribution is 2.34. The third-order valence-corrected chi connectivity index (χ3v) is 5.41. The summed E-state index contributed by atoms with van der Waals surface area (Å²) >= 11 is 0. The van der Waals surface area contributed by atoms with Crippen LogP contribution in [0.3, 0.4) is 0 Å². The molecule has 1 atom stereocenters. The molecular weight excluding hydrogens is 308 g/mol. The summed E-state index contributed by atoms with van der Waals surface area (Å²) in [6.07, 6.45) is 0.859. The molecule has 4 heteroatoms. The smallest absolute Gasteiger partial charge is 0.149 e. The number of benzene rings is 1. The summed E-state index contributed by atoms with van der Waals surface area (Å²) in [7, 11) is 0. The average molecular weight is 336 g/mol. The Morgan fingerprint density at radius 1 is 0.960 bits per heavy atom. The summed E-state index contributed by atoms with van der Waals surface area (Å²) < 4.78 is 2.29. The van der Waals surface area contributed by atoms with Gasteiger partial charge in [-0.2, -0.15) is 0 Å². The molecule has 1 unspecified atom stereocenters. The van der Waals surface area contributed by atoms with E-state index in [9.17, 15) is 0 Å². The number of fused-ring (bicyclic) bond motifs is 1. The van der Waals surface area contributed by atoms with Gasteiger partial charge < -0.3 is 5.73 Å². The molecule has 2 N–H and O–H groups in total. The van der Waals surface area contributed by atoms with Crippen LogP contribution in [0.1, 0.15) is 58.9 Å². The number of hydrogen-bond acceptors (Lipinski definition) is 3. The van der Waals surface area contributed by atoms with Crippen LogP contribution in [0.25, 0.3) is 16.7 Å². The first kappa shape index (κ1) is 17.6. The molecule has 0 saturated heterocycles. The van der Waals surface area contributed by atoms with Gasteiger partial charge in [0.1, 0.15) is 11.5 Å². The molecule has 3 rings (SSSR count). The molecule has 0 aliphatic carbocycles. The van der Waals surface area contributed by atoms with Crippen LogP contribution in [-0.2, 0) is 0 Å². The Bertz CT molecular complexity index is 966. The Morgan fingerprint density at radius 2 is 1.60 bits per heavy atom. The minimum absolute atomic E-state index is 0.0714. The van der Waals surface area contributed by atoms with Gasteiger partial charge in [-0.3, -0.25) is 4.57 Å². The van der Waals surface area contributed by atoms with Gasteiger partial charge in [0.15, 0.2) is 0 Å². The number of aryl methyl sites for hydroxylation is 4. The van der Waals surface area contributed by atoms with Gasteiger partial charge in [-0.1, -0.05) is 19.1 Å². The van der Waals surface area contributed by atoms with Crippen molar-refractivity contribution in [1.29, 1.82) is 0 Å². The molecule has 2 aromatic heterocycles. The van der Waals surface area contributed by atoms with Crippen molar-refractivity contribution in [1.82, 2.24) is 14.5 Å². The second-order valence-corrected chi connectivity index (χ2v) is 7.09. The quantitative estimate of drug-likeness (QED) is 0.755. The first-order valence-corrected chi connectivity index (χ1v) is 8.96. The molecule has 0 bridgehead atoms. The molecule has 132 valence electrons. The van der Waals surface area contributed by atoms with E-state index in [0.717, 1.165) is 29.0 Å². The van der Waals surface area contributed by atoms with Crippen molar-refractivity contribution in [2.45, 2.75) is 60.9 Å². The van der Waals surface area contributed by atoms with Crippen LogP contribution in [0, 0.1) is 41.5 Å². The van der Waals surface area contributed by atoms with E-state index < -0.39 is 0 Å². The van der Waals surface area contributed by atoms with Gasteiger partial charge in [0.25, 0.3) is 0 Å². The zero-order valence-electron chi connectivity index (χ0n) is 16.4. The number of rotatable bonds is 3. The third-order valence-electron chi connectivity index (χ3n) is 5.41. The highest BCUT2D eigenvalue weighted by atomic mass is 15.1. The SMILES string of the molecule is CCC(N)c1nc(C)nc2c1c(C)c(C)n2-c1c(C)ccc(C)c1C. The fraction of sp³-hybridized carbons (Fsp3) is 0.429.